The number of carbonyl (C=O) groups is 3. The lowest BCUT2D eigenvalue weighted by atomic mass is 9.92. The molecule has 4 N–H and O–H groups in total. The Morgan fingerprint density at radius 1 is 0.708 bits per heavy atom. The van der Waals surface area contributed by atoms with E-state index >= 15 is 0 Å². The van der Waals surface area contributed by atoms with Gasteiger partial charge < -0.3 is 5.32 Å². The van der Waals surface area contributed by atoms with E-state index in [2.05, 4.69) is 5.32 Å². The predicted octanol–water partition coefficient (Wildman–Crippen LogP) is 6.92. The first-order chi connectivity index (χ1) is 21.8. The molecule has 0 fully saturated rings. The van der Waals surface area contributed by atoms with E-state index in [9.17, 15) is 57.6 Å². The molecular weight excluding hydrogens is 716 g/mol. The number of rotatable bonds is 8. The van der Waals surface area contributed by atoms with Crippen LogP contribution in [0, 0.1) is 0 Å². The van der Waals surface area contributed by atoms with Crippen molar-refractivity contribution in [1.29, 1.82) is 0 Å². The molecule has 2 amide bonds. The Morgan fingerprint density at radius 3 is 1.48 bits per heavy atom. The van der Waals surface area contributed by atoms with Gasteiger partial charge in [0.15, 0.2) is 0 Å². The molecule has 0 radical (unpaired) electrons. The van der Waals surface area contributed by atoms with E-state index in [0.29, 0.717) is 34.0 Å². The zero-order valence-electron chi connectivity index (χ0n) is 25.3. The van der Waals surface area contributed by atoms with Crippen molar-refractivity contribution in [2.45, 2.75) is 61.7 Å². The van der Waals surface area contributed by atoms with Gasteiger partial charge >= 0.3 is 18.4 Å². The van der Waals surface area contributed by atoms with Crippen LogP contribution in [-0.2, 0) is 20.0 Å². The van der Waals surface area contributed by atoms with Gasteiger partial charge in [0.2, 0.25) is 10.0 Å². The number of halogens is 7. The second kappa shape index (κ2) is 15.0. The maximum Gasteiger partial charge on any atom is 0.454 e. The van der Waals surface area contributed by atoms with Crippen LogP contribution in [0.4, 0.5) is 36.8 Å². The standard InChI is InChI=1S/C21H22ClF3N2O4S.C8H6F3NO3S/c1-11(2)16-9-14(22)10-17(12(3)4)18(16)26-20(29)27-32(30,31)15-7-5-6-13(8-15)19(28)21(23,24)25;9-8(10,11)7(13)5-2-1-3-6(4-5)16(12,14)15/h5-12H,1-4H3,(H2,26,27,29);1-4H,(H2,12,14,15). The first-order valence-corrected chi connectivity index (χ1v) is 16.8. The van der Waals surface area contributed by atoms with Crippen LogP contribution in [0.25, 0.3) is 0 Å². The van der Waals surface area contributed by atoms with Crippen LogP contribution < -0.4 is 15.2 Å². The molecule has 0 spiro atoms. The summed E-state index contributed by atoms with van der Waals surface area (Å²) in [5.74, 6) is -4.41. The van der Waals surface area contributed by atoms with Crippen LogP contribution in [0.15, 0.2) is 70.5 Å². The van der Waals surface area contributed by atoms with Crippen LogP contribution in [0.5, 0.6) is 0 Å². The Kier molecular flexibility index (Phi) is 12.6. The van der Waals surface area contributed by atoms with Crippen molar-refractivity contribution in [3.05, 3.63) is 87.9 Å². The molecule has 3 rings (SSSR count). The Bertz CT molecular complexity index is 1900. The first kappa shape index (κ1) is 40.2. The quantitative estimate of drug-likeness (QED) is 0.166. The lowest BCUT2D eigenvalue weighted by molar-refractivity contribution is -0.0888. The van der Waals surface area contributed by atoms with Gasteiger partial charge in [0.05, 0.1) is 9.79 Å². The lowest BCUT2D eigenvalue weighted by Gasteiger charge is -2.21. The molecule has 262 valence electrons. The fourth-order valence-electron chi connectivity index (χ4n) is 3.97. The molecule has 10 nitrogen and oxygen atoms in total. The maximum absolute atomic E-state index is 12.7. The van der Waals surface area contributed by atoms with E-state index in [-0.39, 0.29) is 11.8 Å². The summed E-state index contributed by atoms with van der Waals surface area (Å²) in [7, 11) is -8.69. The van der Waals surface area contributed by atoms with Gasteiger partial charge in [0.1, 0.15) is 0 Å². The molecule has 0 aliphatic rings. The molecule has 19 heteroatoms. The molecule has 3 aromatic rings. The third kappa shape index (κ3) is 10.8. The van der Waals surface area contributed by atoms with Crippen molar-refractivity contribution >= 4 is 54.9 Å². The molecule has 0 saturated carbocycles. The summed E-state index contributed by atoms with van der Waals surface area (Å²) in [4.78, 5) is 33.5. The second-order valence-corrected chi connectivity index (χ2v) is 14.3. The van der Waals surface area contributed by atoms with Crippen LogP contribution in [0.2, 0.25) is 5.02 Å². The minimum absolute atomic E-state index is 0.0526. The van der Waals surface area contributed by atoms with E-state index in [1.165, 1.54) is 0 Å². The number of amides is 2. The van der Waals surface area contributed by atoms with Gasteiger partial charge in [-0.05, 0) is 59.4 Å². The number of anilines is 1. The van der Waals surface area contributed by atoms with Gasteiger partial charge in [0, 0.05) is 21.8 Å². The third-order valence-corrected chi connectivity index (χ3v) is 8.68. The molecule has 3 aromatic carbocycles. The summed E-state index contributed by atoms with van der Waals surface area (Å²) in [6, 6.07) is 9.05. The molecular formula is C29H28ClF6N3O7S2. The molecule has 0 aliphatic heterocycles. The number of hydrogen-bond acceptors (Lipinski definition) is 7. The number of urea groups is 1. The Hall–Kier alpha value is -4.00. The van der Waals surface area contributed by atoms with E-state index < -0.39 is 70.9 Å². The highest BCUT2D eigenvalue weighted by Gasteiger charge is 2.40. The monoisotopic (exact) mass is 743 g/mol. The average Bonchev–Trinajstić information content (AvgIpc) is 2.95. The Morgan fingerprint density at radius 2 is 1.10 bits per heavy atom. The number of hydrogen-bond donors (Lipinski definition) is 3. The highest BCUT2D eigenvalue weighted by molar-refractivity contribution is 7.90. The summed E-state index contributed by atoms with van der Waals surface area (Å²) < 4.78 is 123. The largest absolute Gasteiger partial charge is 0.454 e. The normalized spacial score (nSPS) is 12.3. The second-order valence-electron chi connectivity index (χ2n) is 10.6. The summed E-state index contributed by atoms with van der Waals surface area (Å²) >= 11 is 6.17. The first-order valence-electron chi connectivity index (χ1n) is 13.4. The molecule has 0 aliphatic carbocycles. The van der Waals surface area contributed by atoms with E-state index in [4.69, 9.17) is 16.7 Å². The number of nitrogens with one attached hydrogen (secondary N) is 2. The topological polar surface area (TPSA) is 170 Å². The number of alkyl halides is 6. The van der Waals surface area contributed by atoms with Gasteiger partial charge in [0.25, 0.3) is 21.6 Å². The number of primary sulfonamides is 1. The number of carbonyl (C=O) groups excluding carboxylic acids is 3. The van der Waals surface area contributed by atoms with Crippen LogP contribution in [-0.4, -0.2) is 46.8 Å². The summed E-state index contributed by atoms with van der Waals surface area (Å²) in [6.07, 6.45) is -10.2. The summed E-state index contributed by atoms with van der Waals surface area (Å²) in [5, 5.41) is 7.70. The zero-order chi connectivity index (χ0) is 37.0. The lowest BCUT2D eigenvalue weighted by Crippen LogP contribution is -2.35. The molecule has 0 aromatic heterocycles. The summed E-state index contributed by atoms with van der Waals surface area (Å²) in [5.41, 5.74) is 0.146. The van der Waals surface area contributed by atoms with E-state index in [1.54, 1.807) is 16.9 Å². The highest BCUT2D eigenvalue weighted by atomic mass is 35.5. The van der Waals surface area contributed by atoms with E-state index in [0.717, 1.165) is 36.4 Å². The van der Waals surface area contributed by atoms with Crippen molar-refractivity contribution in [2.24, 2.45) is 5.14 Å². The molecule has 0 saturated heterocycles. The summed E-state index contributed by atoms with van der Waals surface area (Å²) in [6.45, 7) is 7.50. The highest BCUT2D eigenvalue weighted by Crippen LogP contribution is 2.35. The number of ketones is 2. The van der Waals surface area contributed by atoms with Gasteiger partial charge in [-0.25, -0.2) is 31.5 Å². The van der Waals surface area contributed by atoms with Crippen LogP contribution in [0.3, 0.4) is 0 Å². The van der Waals surface area contributed by atoms with Crippen molar-refractivity contribution in [3.8, 4) is 0 Å². The van der Waals surface area contributed by atoms with Crippen molar-refractivity contribution in [2.75, 3.05) is 5.32 Å². The fraction of sp³-hybridized carbons (Fsp3) is 0.276. The molecule has 0 heterocycles. The third-order valence-electron chi connectivity index (χ3n) is 6.22. The maximum atomic E-state index is 12.7. The molecule has 0 unspecified atom stereocenters. The van der Waals surface area contributed by atoms with Gasteiger partial charge in [-0.1, -0.05) is 63.6 Å². The average molecular weight is 744 g/mol. The van der Waals surface area contributed by atoms with Crippen molar-refractivity contribution in [1.82, 2.24) is 4.72 Å². The minimum atomic E-state index is -5.16. The predicted molar refractivity (Wildman–Crippen MR) is 164 cm³/mol. The zero-order valence-corrected chi connectivity index (χ0v) is 27.7. The van der Waals surface area contributed by atoms with Crippen LogP contribution in [0.1, 0.15) is 71.4 Å². The van der Waals surface area contributed by atoms with Crippen LogP contribution >= 0.6 is 11.6 Å². The molecule has 0 bridgehead atoms. The van der Waals surface area contributed by atoms with Gasteiger partial charge in [-0.3, -0.25) is 9.59 Å². The Balaban J connectivity index is 0.000000419. The van der Waals surface area contributed by atoms with Crippen molar-refractivity contribution in [3.63, 3.8) is 0 Å². The van der Waals surface area contributed by atoms with Gasteiger partial charge in [-0.15, -0.1) is 0 Å². The Labute approximate surface area is 276 Å². The molecule has 0 atom stereocenters. The van der Waals surface area contributed by atoms with Gasteiger partial charge in [-0.2, -0.15) is 26.3 Å². The number of benzene rings is 3. The number of sulfonamides is 2. The van der Waals surface area contributed by atoms with Crippen molar-refractivity contribution < 1.29 is 57.6 Å². The fourth-order valence-corrected chi connectivity index (χ4v) is 5.72. The van der Waals surface area contributed by atoms with E-state index in [1.807, 2.05) is 27.7 Å². The number of Topliss-reactive ketones (excluding diaryl/α,β-unsaturated/α-hetero) is 2. The minimum Gasteiger partial charge on any atom is -0.307 e. The molecule has 48 heavy (non-hydrogen) atoms. The smallest absolute Gasteiger partial charge is 0.307 e. The SMILES string of the molecule is CC(C)c1cc(Cl)cc(C(C)C)c1NC(=O)NS(=O)(=O)c1cccc(C(=O)C(F)(F)F)c1.NS(=O)(=O)c1cccc(C(=O)C(F)(F)F)c1. The number of nitrogens with two attached hydrogens (primary N) is 1.